The summed E-state index contributed by atoms with van der Waals surface area (Å²) in [5.41, 5.74) is 2.85. The van der Waals surface area contributed by atoms with Gasteiger partial charge in [-0.25, -0.2) is 0 Å². The molecule has 0 atom stereocenters. The van der Waals surface area contributed by atoms with Crippen LogP contribution in [0, 0.1) is 10.1 Å². The maximum absolute atomic E-state index is 12.3. The highest BCUT2D eigenvalue weighted by atomic mass is 16.6. The third kappa shape index (κ3) is 3.30. The van der Waals surface area contributed by atoms with Gasteiger partial charge in [0.25, 0.3) is 11.6 Å². The largest absolute Gasteiger partial charge is 0.321 e. The second-order valence-corrected chi connectivity index (χ2v) is 5.17. The number of carbonyl (C=O) groups excluding carboxylic acids is 1. The van der Waals surface area contributed by atoms with E-state index >= 15 is 0 Å². The Morgan fingerprint density at radius 2 is 1.46 bits per heavy atom. The summed E-state index contributed by atoms with van der Waals surface area (Å²) in [6.07, 6.45) is 0. The van der Waals surface area contributed by atoms with Crippen molar-refractivity contribution in [1.29, 1.82) is 0 Å². The smallest absolute Gasteiger partial charge is 0.269 e. The number of non-ortho nitro benzene ring substituents is 1. The van der Waals surface area contributed by atoms with Gasteiger partial charge in [-0.05, 0) is 35.9 Å². The van der Waals surface area contributed by atoms with Crippen molar-refractivity contribution < 1.29 is 9.72 Å². The fourth-order valence-electron chi connectivity index (χ4n) is 2.39. The molecule has 3 rings (SSSR count). The molecule has 5 heteroatoms. The summed E-state index contributed by atoms with van der Waals surface area (Å²) in [6, 6.07) is 22.5. The van der Waals surface area contributed by atoms with E-state index in [1.807, 2.05) is 24.3 Å². The zero-order valence-electron chi connectivity index (χ0n) is 12.7. The number of nitro benzene ring substituents is 1. The number of anilines is 1. The van der Waals surface area contributed by atoms with Crippen molar-refractivity contribution in [1.82, 2.24) is 0 Å². The molecular weight excluding hydrogens is 304 g/mol. The van der Waals surface area contributed by atoms with Crippen LogP contribution >= 0.6 is 0 Å². The number of hydrogen-bond donors (Lipinski definition) is 1. The molecule has 0 aliphatic carbocycles. The van der Waals surface area contributed by atoms with Gasteiger partial charge in [0.2, 0.25) is 0 Å². The van der Waals surface area contributed by atoms with Gasteiger partial charge >= 0.3 is 0 Å². The van der Waals surface area contributed by atoms with Crippen LogP contribution in [0.1, 0.15) is 10.4 Å². The molecule has 0 saturated heterocycles. The van der Waals surface area contributed by atoms with Crippen LogP contribution in [0.5, 0.6) is 0 Å². The molecule has 0 radical (unpaired) electrons. The average molecular weight is 318 g/mol. The first kappa shape index (κ1) is 15.4. The summed E-state index contributed by atoms with van der Waals surface area (Å²) in [6.45, 7) is 0. The summed E-state index contributed by atoms with van der Waals surface area (Å²) < 4.78 is 0. The van der Waals surface area contributed by atoms with E-state index in [0.717, 1.165) is 11.1 Å². The summed E-state index contributed by atoms with van der Waals surface area (Å²) in [7, 11) is 0. The standard InChI is InChI=1S/C19H14N2O3/c22-19(15-6-2-1-3-7-15)20-18-9-5-4-8-17(18)14-10-12-16(13-11-14)21(23)24/h1-13H,(H,20,22). The lowest BCUT2D eigenvalue weighted by Gasteiger charge is -2.11. The average Bonchev–Trinajstić information content (AvgIpc) is 2.63. The SMILES string of the molecule is O=C(Nc1ccccc1-c1ccc([N+](=O)[O-])cc1)c1ccccc1. The third-order valence-corrected chi connectivity index (χ3v) is 3.60. The number of nitro groups is 1. The predicted molar refractivity (Wildman–Crippen MR) is 92.9 cm³/mol. The Kier molecular flexibility index (Phi) is 4.34. The topological polar surface area (TPSA) is 72.2 Å². The minimum Gasteiger partial charge on any atom is -0.321 e. The Morgan fingerprint density at radius 3 is 2.12 bits per heavy atom. The van der Waals surface area contributed by atoms with Crippen molar-refractivity contribution in [3.8, 4) is 11.1 Å². The number of nitrogens with one attached hydrogen (secondary N) is 1. The molecule has 0 aliphatic rings. The van der Waals surface area contributed by atoms with Gasteiger partial charge in [-0.2, -0.15) is 0 Å². The van der Waals surface area contributed by atoms with Gasteiger partial charge < -0.3 is 5.32 Å². The summed E-state index contributed by atoms with van der Waals surface area (Å²) >= 11 is 0. The van der Waals surface area contributed by atoms with E-state index in [1.165, 1.54) is 12.1 Å². The molecule has 3 aromatic carbocycles. The monoisotopic (exact) mass is 318 g/mol. The van der Waals surface area contributed by atoms with E-state index in [4.69, 9.17) is 0 Å². The van der Waals surface area contributed by atoms with E-state index in [9.17, 15) is 14.9 Å². The molecule has 0 heterocycles. The quantitative estimate of drug-likeness (QED) is 0.568. The van der Waals surface area contributed by atoms with Gasteiger partial charge in [-0.1, -0.05) is 36.4 Å². The minimum atomic E-state index is -0.438. The highest BCUT2D eigenvalue weighted by molar-refractivity contribution is 6.06. The van der Waals surface area contributed by atoms with Crippen LogP contribution in [0.2, 0.25) is 0 Å². The van der Waals surface area contributed by atoms with Crippen LogP contribution < -0.4 is 5.32 Å². The Balaban J connectivity index is 1.91. The number of benzene rings is 3. The maximum atomic E-state index is 12.3. The second kappa shape index (κ2) is 6.75. The number of nitrogens with zero attached hydrogens (tertiary/aromatic N) is 1. The molecule has 5 nitrogen and oxygen atoms in total. The van der Waals surface area contributed by atoms with E-state index in [1.54, 1.807) is 42.5 Å². The van der Waals surface area contributed by atoms with Crippen molar-refractivity contribution in [2.45, 2.75) is 0 Å². The second-order valence-electron chi connectivity index (χ2n) is 5.17. The lowest BCUT2D eigenvalue weighted by molar-refractivity contribution is -0.384. The van der Waals surface area contributed by atoms with Gasteiger partial charge in [0.05, 0.1) is 4.92 Å². The van der Waals surface area contributed by atoms with Crippen molar-refractivity contribution in [3.63, 3.8) is 0 Å². The Hall–Kier alpha value is -3.47. The van der Waals surface area contributed by atoms with Crippen molar-refractivity contribution >= 4 is 17.3 Å². The Morgan fingerprint density at radius 1 is 0.833 bits per heavy atom. The normalized spacial score (nSPS) is 10.2. The van der Waals surface area contributed by atoms with Crippen LogP contribution in [0.25, 0.3) is 11.1 Å². The highest BCUT2D eigenvalue weighted by Gasteiger charge is 2.11. The van der Waals surface area contributed by atoms with E-state index < -0.39 is 4.92 Å². The Labute approximate surface area is 138 Å². The molecule has 0 bridgehead atoms. The van der Waals surface area contributed by atoms with Crippen LogP contribution in [0.4, 0.5) is 11.4 Å². The number of amides is 1. The number of hydrogen-bond acceptors (Lipinski definition) is 3. The van der Waals surface area contributed by atoms with Gasteiger partial charge in [0, 0.05) is 28.9 Å². The van der Waals surface area contributed by atoms with Gasteiger partial charge in [0.1, 0.15) is 0 Å². The van der Waals surface area contributed by atoms with Crippen molar-refractivity contribution in [2.75, 3.05) is 5.32 Å². The lowest BCUT2D eigenvalue weighted by atomic mass is 10.0. The molecule has 0 aliphatic heterocycles. The summed E-state index contributed by atoms with van der Waals surface area (Å²) in [4.78, 5) is 22.7. The van der Waals surface area contributed by atoms with E-state index in [2.05, 4.69) is 5.32 Å². The molecule has 0 saturated carbocycles. The van der Waals surface area contributed by atoms with Crippen molar-refractivity contribution in [2.24, 2.45) is 0 Å². The molecule has 0 fully saturated rings. The number of rotatable bonds is 4. The van der Waals surface area contributed by atoms with Gasteiger partial charge in [0.15, 0.2) is 0 Å². The number of para-hydroxylation sites is 1. The fourth-order valence-corrected chi connectivity index (χ4v) is 2.39. The van der Waals surface area contributed by atoms with Crippen LogP contribution in [0.3, 0.4) is 0 Å². The highest BCUT2D eigenvalue weighted by Crippen LogP contribution is 2.29. The predicted octanol–water partition coefficient (Wildman–Crippen LogP) is 4.51. The van der Waals surface area contributed by atoms with Crippen LogP contribution in [-0.4, -0.2) is 10.8 Å². The molecule has 0 spiro atoms. The fraction of sp³-hybridized carbons (Fsp3) is 0. The zero-order chi connectivity index (χ0) is 16.9. The molecule has 24 heavy (non-hydrogen) atoms. The Bertz CT molecular complexity index is 875. The summed E-state index contributed by atoms with van der Waals surface area (Å²) in [5, 5.41) is 13.7. The van der Waals surface area contributed by atoms with E-state index in [0.29, 0.717) is 11.3 Å². The molecular formula is C19H14N2O3. The molecule has 3 aromatic rings. The van der Waals surface area contributed by atoms with Crippen LogP contribution in [-0.2, 0) is 0 Å². The van der Waals surface area contributed by atoms with Gasteiger partial charge in [-0.3, -0.25) is 14.9 Å². The van der Waals surface area contributed by atoms with Gasteiger partial charge in [-0.15, -0.1) is 0 Å². The van der Waals surface area contributed by atoms with Crippen LogP contribution in [0.15, 0.2) is 78.9 Å². The zero-order valence-corrected chi connectivity index (χ0v) is 12.7. The molecule has 1 amide bonds. The van der Waals surface area contributed by atoms with Crippen molar-refractivity contribution in [3.05, 3.63) is 94.5 Å². The first-order chi connectivity index (χ1) is 11.6. The first-order valence-electron chi connectivity index (χ1n) is 7.35. The first-order valence-corrected chi connectivity index (χ1v) is 7.35. The maximum Gasteiger partial charge on any atom is 0.269 e. The molecule has 0 unspecified atom stereocenters. The third-order valence-electron chi connectivity index (χ3n) is 3.60. The molecule has 1 N–H and O–H groups in total. The van der Waals surface area contributed by atoms with E-state index in [-0.39, 0.29) is 11.6 Å². The minimum absolute atomic E-state index is 0.0320. The molecule has 0 aromatic heterocycles. The molecule has 118 valence electrons. The summed E-state index contributed by atoms with van der Waals surface area (Å²) in [5.74, 6) is -0.204. The lowest BCUT2D eigenvalue weighted by Crippen LogP contribution is -2.12. The number of carbonyl (C=O) groups is 1.